The molecular weight excluding hydrogens is 220 g/mol. The Labute approximate surface area is 104 Å². The Balaban J connectivity index is 4.46. The summed E-state index contributed by atoms with van der Waals surface area (Å²) in [5, 5.41) is 5.50. The topological polar surface area (TPSA) is 51.1 Å². The third-order valence-corrected chi connectivity index (χ3v) is 1.64. The van der Waals surface area contributed by atoms with Gasteiger partial charge in [-0.2, -0.15) is 10.1 Å². The van der Waals surface area contributed by atoms with Crippen LogP contribution < -0.4 is 0 Å². The Hall–Kier alpha value is -1.10. The van der Waals surface area contributed by atoms with Crippen LogP contribution in [0.3, 0.4) is 0 Å². The molecule has 0 rings (SSSR count). The molecule has 0 saturated carbocycles. The average molecular weight is 244 g/mol. The molecule has 0 atom stereocenters. The Bertz CT molecular complexity index is 265. The van der Waals surface area contributed by atoms with Crippen LogP contribution in [0, 0.1) is 0 Å². The van der Waals surface area contributed by atoms with E-state index in [1.807, 2.05) is 34.6 Å². The lowest BCUT2D eigenvalue weighted by Gasteiger charge is -2.24. The van der Waals surface area contributed by atoms with E-state index in [0.717, 1.165) is 12.1 Å². The van der Waals surface area contributed by atoms with E-state index in [-0.39, 0.29) is 0 Å². The summed E-state index contributed by atoms with van der Waals surface area (Å²) < 4.78 is 10.2. The Morgan fingerprint density at radius 2 is 1.88 bits per heavy atom. The van der Waals surface area contributed by atoms with Gasteiger partial charge in [-0.1, -0.05) is 0 Å². The summed E-state index contributed by atoms with van der Waals surface area (Å²) in [5.41, 5.74) is 0.307. The maximum Gasteiger partial charge on any atom is 0.430 e. The predicted octanol–water partition coefficient (Wildman–Crippen LogP) is 2.66. The van der Waals surface area contributed by atoms with E-state index in [1.54, 1.807) is 7.11 Å². The van der Waals surface area contributed by atoms with E-state index >= 15 is 0 Å². The summed E-state index contributed by atoms with van der Waals surface area (Å²) in [6.07, 6.45) is 0.307. The molecule has 0 aliphatic heterocycles. The van der Waals surface area contributed by atoms with Crippen molar-refractivity contribution in [1.82, 2.24) is 5.01 Å². The van der Waals surface area contributed by atoms with Gasteiger partial charge in [-0.25, -0.2) is 4.79 Å². The van der Waals surface area contributed by atoms with E-state index in [4.69, 9.17) is 9.47 Å². The van der Waals surface area contributed by atoms with Crippen molar-refractivity contribution >= 4 is 11.8 Å². The van der Waals surface area contributed by atoms with Crippen LogP contribution in [0.5, 0.6) is 0 Å². The summed E-state index contributed by atoms with van der Waals surface area (Å²) in [5.74, 6) is 0. The van der Waals surface area contributed by atoms with Crippen molar-refractivity contribution in [2.45, 2.75) is 46.6 Å². The molecule has 0 radical (unpaired) electrons. The van der Waals surface area contributed by atoms with Crippen LogP contribution in [-0.4, -0.2) is 42.7 Å². The molecule has 5 heteroatoms. The summed E-state index contributed by atoms with van der Waals surface area (Å²) in [7, 11) is 1.63. The number of rotatable bonds is 5. The minimum Gasteiger partial charge on any atom is -0.442 e. The van der Waals surface area contributed by atoms with Gasteiger partial charge in [0.1, 0.15) is 5.60 Å². The van der Waals surface area contributed by atoms with Crippen molar-refractivity contribution < 1.29 is 14.3 Å². The number of carbonyl (C=O) groups is 1. The molecule has 0 N–H and O–H groups in total. The van der Waals surface area contributed by atoms with Crippen LogP contribution in [-0.2, 0) is 9.47 Å². The Kier molecular flexibility index (Phi) is 6.80. The molecule has 0 saturated heterocycles. The molecule has 17 heavy (non-hydrogen) atoms. The van der Waals surface area contributed by atoms with Gasteiger partial charge in [-0.05, 0) is 41.0 Å². The normalized spacial score (nSPS) is 10.9. The average Bonchev–Trinajstić information content (AvgIpc) is 2.13. The molecule has 0 aromatic rings. The molecule has 0 spiro atoms. The smallest absolute Gasteiger partial charge is 0.430 e. The summed E-state index contributed by atoms with van der Waals surface area (Å²) in [4.78, 5) is 11.8. The highest BCUT2D eigenvalue weighted by Crippen LogP contribution is 2.10. The molecule has 0 unspecified atom stereocenters. The number of ether oxygens (including phenoxy) is 2. The number of methoxy groups -OCH3 is 1. The number of hydrogen-bond donors (Lipinski definition) is 0. The maximum absolute atomic E-state index is 11.8. The molecule has 0 aromatic carbocycles. The third kappa shape index (κ3) is 8.68. The van der Waals surface area contributed by atoms with Gasteiger partial charge in [0.05, 0.1) is 6.54 Å². The quantitative estimate of drug-likeness (QED) is 0.424. The van der Waals surface area contributed by atoms with Crippen molar-refractivity contribution in [2.75, 3.05) is 20.3 Å². The van der Waals surface area contributed by atoms with Crippen LogP contribution in [0.2, 0.25) is 0 Å². The summed E-state index contributed by atoms with van der Waals surface area (Å²) in [6, 6.07) is 0. The SMILES string of the molecule is COCCCN(N=C(C)C)C(=O)OC(C)(C)C. The zero-order valence-electron chi connectivity index (χ0n) is 11.7. The van der Waals surface area contributed by atoms with Crippen molar-refractivity contribution in [3.8, 4) is 0 Å². The fraction of sp³-hybridized carbons (Fsp3) is 0.833. The first kappa shape index (κ1) is 15.9. The highest BCUT2D eigenvalue weighted by atomic mass is 16.6. The molecule has 0 bridgehead atoms. The van der Waals surface area contributed by atoms with Crippen molar-refractivity contribution in [1.29, 1.82) is 0 Å². The number of hydrazone groups is 1. The standard InChI is InChI=1S/C12H24N2O3/c1-10(2)13-14(8-7-9-16-6)11(15)17-12(3,4)5/h7-9H2,1-6H3. The fourth-order valence-electron chi connectivity index (χ4n) is 1.10. The first-order chi connectivity index (χ1) is 7.76. The number of hydrogen-bond acceptors (Lipinski definition) is 4. The number of nitrogens with zero attached hydrogens (tertiary/aromatic N) is 2. The monoisotopic (exact) mass is 244 g/mol. The minimum atomic E-state index is -0.506. The molecule has 5 nitrogen and oxygen atoms in total. The van der Waals surface area contributed by atoms with Crippen LogP contribution >= 0.6 is 0 Å². The first-order valence-electron chi connectivity index (χ1n) is 5.77. The summed E-state index contributed by atoms with van der Waals surface area (Å²) in [6.45, 7) is 10.3. The first-order valence-corrected chi connectivity index (χ1v) is 5.77. The molecule has 0 heterocycles. The zero-order chi connectivity index (χ0) is 13.5. The molecule has 0 aliphatic carbocycles. The van der Waals surface area contributed by atoms with Gasteiger partial charge in [-0.15, -0.1) is 0 Å². The van der Waals surface area contributed by atoms with Crippen molar-refractivity contribution in [3.63, 3.8) is 0 Å². The lowest BCUT2D eigenvalue weighted by atomic mass is 10.2. The molecule has 0 fully saturated rings. The van der Waals surface area contributed by atoms with Crippen molar-refractivity contribution in [2.24, 2.45) is 5.10 Å². The van der Waals surface area contributed by atoms with Gasteiger partial charge in [0, 0.05) is 19.4 Å². The predicted molar refractivity (Wildman–Crippen MR) is 68.2 cm³/mol. The van der Waals surface area contributed by atoms with Crippen molar-refractivity contribution in [3.05, 3.63) is 0 Å². The van der Waals surface area contributed by atoms with Gasteiger partial charge in [0.2, 0.25) is 0 Å². The minimum absolute atomic E-state index is 0.421. The number of amides is 1. The third-order valence-electron chi connectivity index (χ3n) is 1.64. The van der Waals surface area contributed by atoms with Gasteiger partial charge in [0.15, 0.2) is 0 Å². The second-order valence-corrected chi connectivity index (χ2v) is 5.00. The van der Waals surface area contributed by atoms with Gasteiger partial charge in [-0.3, -0.25) is 0 Å². The van der Waals surface area contributed by atoms with E-state index < -0.39 is 11.7 Å². The number of carbonyl (C=O) groups excluding carboxylic acids is 1. The Morgan fingerprint density at radius 1 is 1.29 bits per heavy atom. The lowest BCUT2D eigenvalue weighted by Crippen LogP contribution is -2.35. The molecule has 1 amide bonds. The molecule has 0 aromatic heterocycles. The summed E-state index contributed by atoms with van der Waals surface area (Å²) >= 11 is 0. The second kappa shape index (κ2) is 7.27. The van der Waals surface area contributed by atoms with E-state index in [2.05, 4.69) is 5.10 Å². The molecule has 100 valence electrons. The second-order valence-electron chi connectivity index (χ2n) is 5.00. The highest BCUT2D eigenvalue weighted by Gasteiger charge is 2.21. The maximum atomic E-state index is 11.8. The van der Waals surface area contributed by atoms with E-state index in [1.165, 1.54) is 5.01 Å². The van der Waals surface area contributed by atoms with Gasteiger partial charge in [0.25, 0.3) is 0 Å². The largest absolute Gasteiger partial charge is 0.442 e. The van der Waals surface area contributed by atoms with Crippen LogP contribution in [0.15, 0.2) is 5.10 Å². The zero-order valence-corrected chi connectivity index (χ0v) is 11.7. The van der Waals surface area contributed by atoms with Crippen LogP contribution in [0.25, 0.3) is 0 Å². The molecular formula is C12H24N2O3. The van der Waals surface area contributed by atoms with Gasteiger partial charge >= 0.3 is 6.09 Å². The van der Waals surface area contributed by atoms with Gasteiger partial charge < -0.3 is 9.47 Å². The highest BCUT2D eigenvalue weighted by molar-refractivity contribution is 5.80. The van der Waals surface area contributed by atoms with E-state index in [0.29, 0.717) is 13.2 Å². The molecule has 0 aliphatic rings. The lowest BCUT2D eigenvalue weighted by molar-refractivity contribution is 0.0240. The Morgan fingerprint density at radius 3 is 2.29 bits per heavy atom. The van der Waals surface area contributed by atoms with Crippen LogP contribution in [0.1, 0.15) is 41.0 Å². The van der Waals surface area contributed by atoms with Crippen LogP contribution in [0.4, 0.5) is 4.79 Å². The van der Waals surface area contributed by atoms with E-state index in [9.17, 15) is 4.79 Å². The fourth-order valence-corrected chi connectivity index (χ4v) is 1.10.